The SMILES string of the molecule is CC1CCC(n2c(=O)[nH]c3c(Cl)nc(Nc4cc(C#N)ccc4N)nc32)CC1. The van der Waals surface area contributed by atoms with Gasteiger partial charge in [-0.1, -0.05) is 18.5 Å². The van der Waals surface area contributed by atoms with Gasteiger partial charge in [0.1, 0.15) is 5.52 Å². The van der Waals surface area contributed by atoms with Crippen LogP contribution in [0, 0.1) is 17.2 Å². The Bertz CT molecular complexity index is 1140. The summed E-state index contributed by atoms with van der Waals surface area (Å²) in [6.45, 7) is 2.23. The zero-order valence-corrected chi connectivity index (χ0v) is 16.1. The van der Waals surface area contributed by atoms with Crippen LogP contribution in [0.15, 0.2) is 23.0 Å². The number of benzene rings is 1. The highest BCUT2D eigenvalue weighted by molar-refractivity contribution is 6.33. The van der Waals surface area contributed by atoms with Crippen LogP contribution in [-0.2, 0) is 0 Å². The van der Waals surface area contributed by atoms with Gasteiger partial charge in [-0.15, -0.1) is 0 Å². The lowest BCUT2D eigenvalue weighted by Gasteiger charge is -2.26. The minimum absolute atomic E-state index is 0.0863. The Morgan fingerprint density at radius 3 is 2.79 bits per heavy atom. The molecule has 0 amide bonds. The smallest absolute Gasteiger partial charge is 0.328 e. The first-order chi connectivity index (χ1) is 13.5. The molecule has 2 heterocycles. The first-order valence-corrected chi connectivity index (χ1v) is 9.58. The molecule has 1 aliphatic rings. The number of rotatable bonds is 3. The molecular weight excluding hydrogens is 378 g/mol. The predicted molar refractivity (Wildman–Crippen MR) is 109 cm³/mol. The molecule has 1 aromatic carbocycles. The topological polar surface area (TPSA) is 125 Å². The standard InChI is InChI=1S/C19H20ClN7O/c1-10-2-5-12(6-3-10)27-17-15(24-19(27)28)16(20)25-18(26-17)23-14-8-11(9-21)4-7-13(14)22/h4,7-8,10,12H,2-3,5-6,22H2,1H3,(H,24,28)(H,23,25,26). The number of aromatic amines is 1. The average molecular weight is 398 g/mol. The number of hydrogen-bond acceptors (Lipinski definition) is 6. The molecule has 8 nitrogen and oxygen atoms in total. The molecule has 1 saturated carbocycles. The maximum atomic E-state index is 12.6. The van der Waals surface area contributed by atoms with Crippen LogP contribution in [0.3, 0.4) is 0 Å². The molecule has 144 valence electrons. The van der Waals surface area contributed by atoms with Gasteiger partial charge >= 0.3 is 5.69 Å². The molecule has 0 spiro atoms. The van der Waals surface area contributed by atoms with E-state index in [9.17, 15) is 4.79 Å². The Morgan fingerprint density at radius 2 is 2.07 bits per heavy atom. The van der Waals surface area contributed by atoms with Crippen LogP contribution in [-0.4, -0.2) is 19.5 Å². The van der Waals surface area contributed by atoms with E-state index in [0.717, 1.165) is 25.7 Å². The number of anilines is 3. The monoisotopic (exact) mass is 397 g/mol. The van der Waals surface area contributed by atoms with E-state index in [1.54, 1.807) is 22.8 Å². The van der Waals surface area contributed by atoms with Crippen LogP contribution in [0.4, 0.5) is 17.3 Å². The molecule has 3 aromatic rings. The van der Waals surface area contributed by atoms with Gasteiger partial charge in [0.25, 0.3) is 0 Å². The molecule has 4 rings (SSSR count). The predicted octanol–water partition coefficient (Wildman–Crippen LogP) is 3.72. The van der Waals surface area contributed by atoms with Crippen molar-refractivity contribution in [1.82, 2.24) is 19.5 Å². The van der Waals surface area contributed by atoms with E-state index in [0.29, 0.717) is 34.0 Å². The van der Waals surface area contributed by atoms with Crippen molar-refractivity contribution in [2.24, 2.45) is 5.92 Å². The fourth-order valence-corrected chi connectivity index (χ4v) is 3.93. The highest BCUT2D eigenvalue weighted by Gasteiger charge is 2.25. The number of hydrogen-bond donors (Lipinski definition) is 3. The summed E-state index contributed by atoms with van der Waals surface area (Å²) in [6.07, 6.45) is 4.00. The van der Waals surface area contributed by atoms with Crippen LogP contribution >= 0.6 is 11.6 Å². The fraction of sp³-hybridized carbons (Fsp3) is 0.368. The number of nitriles is 1. The second kappa shape index (κ2) is 7.17. The van der Waals surface area contributed by atoms with Crippen molar-refractivity contribution in [2.75, 3.05) is 11.1 Å². The maximum Gasteiger partial charge on any atom is 0.328 e. The van der Waals surface area contributed by atoms with Gasteiger partial charge < -0.3 is 16.0 Å². The van der Waals surface area contributed by atoms with Crippen LogP contribution in [0.25, 0.3) is 11.2 Å². The number of halogens is 1. The summed E-state index contributed by atoms with van der Waals surface area (Å²) in [5, 5.41) is 12.3. The third-order valence-electron chi connectivity index (χ3n) is 5.30. The minimum atomic E-state index is -0.228. The first-order valence-electron chi connectivity index (χ1n) is 9.20. The van der Waals surface area contributed by atoms with Crippen molar-refractivity contribution in [1.29, 1.82) is 5.26 Å². The molecule has 0 bridgehead atoms. The summed E-state index contributed by atoms with van der Waals surface area (Å²) in [5.41, 5.74) is 8.07. The van der Waals surface area contributed by atoms with Crippen LogP contribution < -0.4 is 16.7 Å². The van der Waals surface area contributed by atoms with Crippen molar-refractivity contribution in [2.45, 2.75) is 38.6 Å². The van der Waals surface area contributed by atoms with E-state index in [1.165, 1.54) is 0 Å². The molecule has 0 atom stereocenters. The van der Waals surface area contributed by atoms with Gasteiger partial charge in [0.05, 0.1) is 23.0 Å². The maximum absolute atomic E-state index is 12.6. The average Bonchev–Trinajstić information content (AvgIpc) is 3.01. The van der Waals surface area contributed by atoms with Crippen molar-refractivity contribution >= 4 is 40.1 Å². The van der Waals surface area contributed by atoms with Gasteiger partial charge in [-0.25, -0.2) is 4.79 Å². The number of nitrogens with one attached hydrogen (secondary N) is 2. The highest BCUT2D eigenvalue weighted by atomic mass is 35.5. The Hall–Kier alpha value is -3.05. The Labute approximate surface area is 166 Å². The minimum Gasteiger partial charge on any atom is -0.397 e. The van der Waals surface area contributed by atoms with E-state index in [1.807, 2.05) is 0 Å². The molecule has 1 fully saturated rings. The number of fused-ring (bicyclic) bond motifs is 1. The van der Waals surface area contributed by atoms with Crippen molar-refractivity contribution < 1.29 is 0 Å². The summed E-state index contributed by atoms with van der Waals surface area (Å²) >= 11 is 6.32. The van der Waals surface area contributed by atoms with Gasteiger partial charge in [0, 0.05) is 6.04 Å². The molecular formula is C19H20ClN7O. The van der Waals surface area contributed by atoms with E-state index >= 15 is 0 Å². The molecule has 0 aliphatic heterocycles. The van der Waals surface area contributed by atoms with E-state index in [2.05, 4.69) is 33.3 Å². The Kier molecular flexibility index (Phi) is 4.69. The second-order valence-electron chi connectivity index (χ2n) is 7.29. The molecule has 4 N–H and O–H groups in total. The van der Waals surface area contributed by atoms with E-state index in [4.69, 9.17) is 22.6 Å². The van der Waals surface area contributed by atoms with Gasteiger partial charge in [0.2, 0.25) is 5.95 Å². The summed E-state index contributed by atoms with van der Waals surface area (Å²) < 4.78 is 1.69. The van der Waals surface area contributed by atoms with Gasteiger partial charge in [-0.3, -0.25) is 4.57 Å². The van der Waals surface area contributed by atoms with Gasteiger partial charge in [-0.2, -0.15) is 15.2 Å². The van der Waals surface area contributed by atoms with Crippen LogP contribution in [0.1, 0.15) is 44.2 Å². The lowest BCUT2D eigenvalue weighted by Crippen LogP contribution is -2.26. The number of nitrogens with zero attached hydrogens (tertiary/aromatic N) is 4. The van der Waals surface area contributed by atoms with Crippen molar-refractivity contribution in [3.8, 4) is 6.07 Å². The van der Waals surface area contributed by atoms with Gasteiger partial charge in [-0.05, 0) is 49.8 Å². The number of aromatic nitrogens is 4. The Morgan fingerprint density at radius 1 is 1.32 bits per heavy atom. The highest BCUT2D eigenvalue weighted by Crippen LogP contribution is 2.33. The summed E-state index contributed by atoms with van der Waals surface area (Å²) in [6, 6.07) is 7.03. The van der Waals surface area contributed by atoms with E-state index in [-0.39, 0.29) is 22.8 Å². The fourth-order valence-electron chi connectivity index (χ4n) is 3.72. The lowest BCUT2D eigenvalue weighted by atomic mass is 9.87. The quantitative estimate of drug-likeness (QED) is 0.456. The molecule has 28 heavy (non-hydrogen) atoms. The number of nitrogen functional groups attached to an aromatic ring is 1. The summed E-state index contributed by atoms with van der Waals surface area (Å²) in [7, 11) is 0. The number of H-pyrrole nitrogens is 1. The normalized spacial score (nSPS) is 19.5. The first kappa shape index (κ1) is 18.3. The molecule has 0 saturated heterocycles. The molecule has 0 unspecified atom stereocenters. The second-order valence-corrected chi connectivity index (χ2v) is 7.65. The largest absolute Gasteiger partial charge is 0.397 e. The molecule has 9 heteroatoms. The lowest BCUT2D eigenvalue weighted by molar-refractivity contribution is 0.289. The third kappa shape index (κ3) is 3.29. The number of imidazole rings is 1. The summed E-state index contributed by atoms with van der Waals surface area (Å²) in [5.74, 6) is 0.888. The molecule has 0 radical (unpaired) electrons. The summed E-state index contributed by atoms with van der Waals surface area (Å²) in [4.78, 5) is 24.1. The van der Waals surface area contributed by atoms with Crippen molar-refractivity contribution in [3.05, 3.63) is 39.4 Å². The molecule has 2 aromatic heterocycles. The number of nitrogens with two attached hydrogens (primary N) is 1. The van der Waals surface area contributed by atoms with Crippen LogP contribution in [0.5, 0.6) is 0 Å². The Balaban J connectivity index is 1.76. The van der Waals surface area contributed by atoms with Gasteiger partial charge in [0.15, 0.2) is 10.8 Å². The molecule has 1 aliphatic carbocycles. The van der Waals surface area contributed by atoms with Crippen LogP contribution in [0.2, 0.25) is 5.15 Å². The van der Waals surface area contributed by atoms with E-state index < -0.39 is 0 Å². The zero-order valence-electron chi connectivity index (χ0n) is 15.4. The third-order valence-corrected chi connectivity index (χ3v) is 5.58. The van der Waals surface area contributed by atoms with Crippen molar-refractivity contribution in [3.63, 3.8) is 0 Å². The zero-order chi connectivity index (χ0) is 19.8.